The number of hydrogen-bond donors (Lipinski definition) is 1. The summed E-state index contributed by atoms with van der Waals surface area (Å²) in [5.74, 6) is 0. The summed E-state index contributed by atoms with van der Waals surface area (Å²) in [4.78, 5) is 2.23. The molecule has 1 aliphatic rings. The Balaban J connectivity index is 2.00. The molecule has 1 saturated heterocycles. The van der Waals surface area contributed by atoms with Crippen molar-refractivity contribution in [1.29, 1.82) is 0 Å². The molecule has 5 nitrogen and oxygen atoms in total. The highest BCUT2D eigenvalue weighted by Crippen LogP contribution is 2.19. The van der Waals surface area contributed by atoms with Gasteiger partial charge in [0.25, 0.3) is 0 Å². The van der Waals surface area contributed by atoms with Crippen molar-refractivity contribution in [3.8, 4) is 0 Å². The number of aliphatic hydroxyl groups excluding tert-OH is 1. The van der Waals surface area contributed by atoms with Gasteiger partial charge in [0.2, 0.25) is 0 Å². The molecule has 0 spiro atoms. The fourth-order valence-corrected chi connectivity index (χ4v) is 1.90. The zero-order valence-electron chi connectivity index (χ0n) is 8.31. The van der Waals surface area contributed by atoms with E-state index in [0.717, 1.165) is 37.3 Å². The van der Waals surface area contributed by atoms with Crippen molar-refractivity contribution in [2.24, 2.45) is 0 Å². The topological polar surface area (TPSA) is 62.4 Å². The number of aromatic nitrogens is 2. The molecule has 78 valence electrons. The summed E-state index contributed by atoms with van der Waals surface area (Å²) in [6.07, 6.45) is 2.22. The van der Waals surface area contributed by atoms with Gasteiger partial charge in [-0.2, -0.15) is 0 Å². The second-order valence-corrected chi connectivity index (χ2v) is 3.75. The van der Waals surface area contributed by atoms with Crippen molar-refractivity contribution in [3.05, 3.63) is 11.4 Å². The number of nitrogens with zero attached hydrogens (tertiary/aromatic N) is 3. The lowest BCUT2D eigenvalue weighted by Crippen LogP contribution is -2.31. The monoisotopic (exact) mass is 197 g/mol. The van der Waals surface area contributed by atoms with E-state index < -0.39 is 0 Å². The quantitative estimate of drug-likeness (QED) is 0.756. The molecule has 0 radical (unpaired) electrons. The molecule has 5 heteroatoms. The smallest absolute Gasteiger partial charge is 0.122 e. The first-order valence-electron chi connectivity index (χ1n) is 4.94. The predicted molar refractivity (Wildman–Crippen MR) is 49.6 cm³/mol. The van der Waals surface area contributed by atoms with Crippen LogP contribution in [0, 0.1) is 6.92 Å². The van der Waals surface area contributed by atoms with Crippen molar-refractivity contribution < 1.29 is 9.74 Å². The van der Waals surface area contributed by atoms with E-state index in [4.69, 9.17) is 5.11 Å². The van der Waals surface area contributed by atoms with Crippen LogP contribution < -0.4 is 0 Å². The van der Waals surface area contributed by atoms with Crippen molar-refractivity contribution in [1.82, 2.24) is 15.2 Å². The molecule has 0 saturated carbocycles. The van der Waals surface area contributed by atoms with Gasteiger partial charge in [0.15, 0.2) is 0 Å². The average Bonchev–Trinajstić information content (AvgIpc) is 2.77. The minimum absolute atomic E-state index is 0.227. The molecule has 0 unspecified atom stereocenters. The van der Waals surface area contributed by atoms with E-state index in [2.05, 4.69) is 19.8 Å². The van der Waals surface area contributed by atoms with E-state index in [1.165, 1.54) is 0 Å². The van der Waals surface area contributed by atoms with Crippen molar-refractivity contribution in [3.63, 3.8) is 0 Å². The fourth-order valence-electron chi connectivity index (χ4n) is 1.90. The molecule has 1 aliphatic heterocycles. The molecule has 1 fully saturated rings. The summed E-state index contributed by atoms with van der Waals surface area (Å²) >= 11 is 0. The molecule has 1 atom stereocenters. The third-order valence-electron chi connectivity index (χ3n) is 2.81. The van der Waals surface area contributed by atoms with Gasteiger partial charge in [-0.05, 0) is 26.3 Å². The molecular formula is C9H15N3O2. The fraction of sp³-hybridized carbons (Fsp3) is 0.778. The summed E-state index contributed by atoms with van der Waals surface area (Å²) < 4.78 is 4.64. The van der Waals surface area contributed by atoms with Crippen molar-refractivity contribution in [2.45, 2.75) is 32.4 Å². The summed E-state index contributed by atoms with van der Waals surface area (Å²) in [5.41, 5.74) is 1.72. The number of rotatable bonds is 3. The lowest BCUT2D eigenvalue weighted by atomic mass is 10.2. The van der Waals surface area contributed by atoms with Crippen LogP contribution in [-0.2, 0) is 6.54 Å². The first kappa shape index (κ1) is 9.61. The molecule has 2 rings (SSSR count). The van der Waals surface area contributed by atoms with E-state index in [0.29, 0.717) is 0 Å². The highest BCUT2D eigenvalue weighted by Gasteiger charge is 2.25. The highest BCUT2D eigenvalue weighted by molar-refractivity contribution is 5.05. The SMILES string of the molecule is Cc1nonc1CN1CCC[C@H]1CO. The van der Waals surface area contributed by atoms with E-state index >= 15 is 0 Å². The van der Waals surface area contributed by atoms with Crippen LogP contribution in [-0.4, -0.2) is 39.5 Å². The first-order valence-corrected chi connectivity index (χ1v) is 4.94. The van der Waals surface area contributed by atoms with Gasteiger partial charge in [0, 0.05) is 12.6 Å². The van der Waals surface area contributed by atoms with E-state index in [-0.39, 0.29) is 12.6 Å². The molecule has 0 aliphatic carbocycles. The van der Waals surface area contributed by atoms with E-state index in [9.17, 15) is 0 Å². The van der Waals surface area contributed by atoms with E-state index in [1.54, 1.807) is 0 Å². The van der Waals surface area contributed by atoms with Gasteiger partial charge in [-0.3, -0.25) is 4.90 Å². The Hall–Kier alpha value is -0.940. The molecular weight excluding hydrogens is 182 g/mol. The Bertz CT molecular complexity index is 300. The van der Waals surface area contributed by atoms with Crippen LogP contribution in [0.1, 0.15) is 24.2 Å². The Kier molecular flexibility index (Phi) is 2.79. The molecule has 1 aromatic heterocycles. The van der Waals surface area contributed by atoms with E-state index in [1.807, 2.05) is 6.92 Å². The third kappa shape index (κ3) is 1.78. The maximum Gasteiger partial charge on any atom is 0.122 e. The number of hydrogen-bond acceptors (Lipinski definition) is 5. The highest BCUT2D eigenvalue weighted by atomic mass is 16.6. The van der Waals surface area contributed by atoms with Gasteiger partial charge in [0.1, 0.15) is 11.4 Å². The van der Waals surface area contributed by atoms with Crippen molar-refractivity contribution in [2.75, 3.05) is 13.2 Å². The first-order chi connectivity index (χ1) is 6.81. The molecule has 0 bridgehead atoms. The standard InChI is InChI=1S/C9H15N3O2/c1-7-9(11-14-10-7)5-12-4-2-3-8(12)6-13/h8,13H,2-6H2,1H3/t8-/m0/s1. The summed E-state index contributed by atoms with van der Waals surface area (Å²) in [6.45, 7) is 3.87. The van der Waals surface area contributed by atoms with Gasteiger partial charge in [-0.1, -0.05) is 10.3 Å². The molecule has 1 N–H and O–H groups in total. The lowest BCUT2D eigenvalue weighted by Gasteiger charge is -2.20. The number of aryl methyl sites for hydroxylation is 1. The zero-order chi connectivity index (χ0) is 9.97. The minimum Gasteiger partial charge on any atom is -0.395 e. The average molecular weight is 197 g/mol. The molecule has 0 amide bonds. The molecule has 2 heterocycles. The van der Waals surface area contributed by atoms with Crippen LogP contribution in [0.15, 0.2) is 4.63 Å². The maximum atomic E-state index is 9.13. The second kappa shape index (κ2) is 4.06. The Morgan fingerprint density at radius 1 is 1.57 bits per heavy atom. The summed E-state index contributed by atoms with van der Waals surface area (Å²) in [6, 6.07) is 0.283. The maximum absolute atomic E-state index is 9.13. The molecule has 14 heavy (non-hydrogen) atoms. The van der Waals surface area contributed by atoms with Gasteiger partial charge < -0.3 is 5.11 Å². The summed E-state index contributed by atoms with van der Waals surface area (Å²) in [5, 5.41) is 16.7. The van der Waals surface area contributed by atoms with Crippen LogP contribution >= 0.6 is 0 Å². The second-order valence-electron chi connectivity index (χ2n) is 3.75. The van der Waals surface area contributed by atoms with Crippen LogP contribution in [0.2, 0.25) is 0 Å². The van der Waals surface area contributed by atoms with Crippen LogP contribution in [0.25, 0.3) is 0 Å². The normalized spacial score (nSPS) is 23.1. The Morgan fingerprint density at radius 3 is 3.07 bits per heavy atom. The van der Waals surface area contributed by atoms with Crippen molar-refractivity contribution >= 4 is 0 Å². The minimum atomic E-state index is 0.227. The molecule has 0 aromatic carbocycles. The van der Waals surface area contributed by atoms with Crippen LogP contribution in [0.4, 0.5) is 0 Å². The predicted octanol–water partition coefficient (Wildman–Crippen LogP) is 0.335. The van der Waals surface area contributed by atoms with Gasteiger partial charge in [-0.25, -0.2) is 4.63 Å². The van der Waals surface area contributed by atoms with Crippen LogP contribution in [0.3, 0.4) is 0 Å². The zero-order valence-corrected chi connectivity index (χ0v) is 8.31. The Labute approximate surface area is 82.7 Å². The molecule has 1 aromatic rings. The van der Waals surface area contributed by atoms with Gasteiger partial charge >= 0.3 is 0 Å². The third-order valence-corrected chi connectivity index (χ3v) is 2.81. The lowest BCUT2D eigenvalue weighted by molar-refractivity contribution is 0.150. The Morgan fingerprint density at radius 2 is 2.43 bits per heavy atom. The largest absolute Gasteiger partial charge is 0.395 e. The van der Waals surface area contributed by atoms with Gasteiger partial charge in [0.05, 0.1) is 6.61 Å². The van der Waals surface area contributed by atoms with Gasteiger partial charge in [-0.15, -0.1) is 0 Å². The number of likely N-dealkylation sites (tertiary alicyclic amines) is 1. The summed E-state index contributed by atoms with van der Waals surface area (Å²) in [7, 11) is 0. The number of aliphatic hydroxyl groups is 1. The van der Waals surface area contributed by atoms with Crippen LogP contribution in [0.5, 0.6) is 0 Å².